The molecule has 0 atom stereocenters. The van der Waals surface area contributed by atoms with E-state index in [0.717, 1.165) is 10.5 Å². The summed E-state index contributed by atoms with van der Waals surface area (Å²) in [6.07, 6.45) is 0. The summed E-state index contributed by atoms with van der Waals surface area (Å²) in [6, 6.07) is 8.76. The molecule has 0 unspecified atom stereocenters. The van der Waals surface area contributed by atoms with Crippen molar-refractivity contribution in [2.45, 2.75) is 11.6 Å². The summed E-state index contributed by atoms with van der Waals surface area (Å²) in [5.74, 6) is 0. The van der Waals surface area contributed by atoms with Crippen LogP contribution in [-0.4, -0.2) is 50.2 Å². The summed E-state index contributed by atoms with van der Waals surface area (Å²) >= 11 is 0. The lowest BCUT2D eigenvalue weighted by Gasteiger charge is -2.39. The van der Waals surface area contributed by atoms with Crippen molar-refractivity contribution < 1.29 is 33.4 Å². The summed E-state index contributed by atoms with van der Waals surface area (Å²) in [7, 11) is -7.97. The second-order valence-electron chi connectivity index (χ2n) is 4.74. The number of hydrogen-bond donors (Lipinski definition) is 4. The molecule has 0 aromatic heterocycles. The topological polar surface area (TPSA) is 128 Å². The van der Waals surface area contributed by atoms with Crippen LogP contribution in [0.25, 0.3) is 0 Å². The number of hydrogen-bond acceptors (Lipinski definition) is 4. The van der Waals surface area contributed by atoms with Gasteiger partial charge in [-0.15, -0.1) is 0 Å². The van der Waals surface area contributed by atoms with Gasteiger partial charge in [0.2, 0.25) is 5.02 Å². The van der Waals surface area contributed by atoms with Gasteiger partial charge in [-0.2, -0.15) is 0 Å². The molecule has 4 N–H and O–H groups in total. The Balaban J connectivity index is 2.99. The second kappa shape index (κ2) is 6.69. The van der Waals surface area contributed by atoms with E-state index in [1.807, 2.05) is 0 Å². The lowest BCUT2D eigenvalue weighted by Crippen LogP contribution is -2.47. The van der Waals surface area contributed by atoms with Gasteiger partial charge in [0.15, 0.2) is 0 Å². The van der Waals surface area contributed by atoms with Crippen molar-refractivity contribution in [3.05, 3.63) is 35.9 Å². The summed E-state index contributed by atoms with van der Waals surface area (Å²) in [5, 5.41) is -2.70. The highest BCUT2D eigenvalue weighted by Crippen LogP contribution is 2.69. The van der Waals surface area contributed by atoms with Gasteiger partial charge in [-0.25, -0.2) is 0 Å². The molecule has 0 bridgehead atoms. The molecule has 0 aliphatic heterocycles. The molecule has 0 fully saturated rings. The molecule has 0 heterocycles. The minimum atomic E-state index is -5.17. The summed E-state index contributed by atoms with van der Waals surface area (Å²) in [6.45, 7) is -0.820. The van der Waals surface area contributed by atoms with E-state index >= 15 is 0 Å². The molecular formula is C11H19NO7P2. The maximum Gasteiger partial charge on any atom is 0.360 e. The van der Waals surface area contributed by atoms with Crippen LogP contribution in [0, 0.1) is 0 Å². The molecule has 0 amide bonds. The quantitative estimate of drug-likeness (QED) is 0.537. The summed E-state index contributed by atoms with van der Waals surface area (Å²) < 4.78 is 28.5. The van der Waals surface area contributed by atoms with Crippen molar-refractivity contribution in [3.8, 4) is 0 Å². The third kappa shape index (κ3) is 4.00. The highest BCUT2D eigenvalue weighted by Gasteiger charge is 2.62. The van der Waals surface area contributed by atoms with Crippen LogP contribution in [-0.2, 0) is 20.5 Å². The number of ether oxygens (including phenoxy) is 1. The Morgan fingerprint density at radius 2 is 1.52 bits per heavy atom. The standard InChI is InChI=1S/C11H19NO7P2/c1-12(2)11(20(13,14)15,21(16,17)18)9-19-8-10-6-4-3-5-7-10/h3-7H,8-9H2,1-2H3,(H2,13,14,15)(H2,16,17,18). The Morgan fingerprint density at radius 3 is 1.90 bits per heavy atom. The van der Waals surface area contributed by atoms with Crippen LogP contribution < -0.4 is 0 Å². The van der Waals surface area contributed by atoms with Gasteiger partial charge >= 0.3 is 15.2 Å². The van der Waals surface area contributed by atoms with Gasteiger partial charge in [0.25, 0.3) is 0 Å². The van der Waals surface area contributed by atoms with Crippen LogP contribution in [0.3, 0.4) is 0 Å². The summed E-state index contributed by atoms with van der Waals surface area (Å²) in [5.41, 5.74) is 0.724. The largest absolute Gasteiger partial charge is 0.373 e. The monoisotopic (exact) mass is 339 g/mol. The molecule has 0 radical (unpaired) electrons. The van der Waals surface area contributed by atoms with Crippen LogP contribution in [0.1, 0.15) is 5.56 Å². The molecule has 0 saturated carbocycles. The van der Waals surface area contributed by atoms with Crippen LogP contribution in [0.2, 0.25) is 0 Å². The molecule has 1 aromatic rings. The normalized spacial score (nSPS) is 13.7. The molecule has 1 rings (SSSR count). The van der Waals surface area contributed by atoms with E-state index in [2.05, 4.69) is 0 Å². The Hall–Kier alpha value is -0.560. The molecule has 0 aliphatic rings. The molecular weight excluding hydrogens is 320 g/mol. The molecule has 21 heavy (non-hydrogen) atoms. The fourth-order valence-electron chi connectivity index (χ4n) is 1.87. The predicted molar refractivity (Wildman–Crippen MR) is 76.6 cm³/mol. The Bertz CT molecular complexity index is 529. The van der Waals surface area contributed by atoms with Crippen molar-refractivity contribution in [1.82, 2.24) is 4.90 Å². The Morgan fingerprint density at radius 1 is 1.05 bits per heavy atom. The minimum Gasteiger partial charge on any atom is -0.373 e. The lowest BCUT2D eigenvalue weighted by atomic mass is 10.2. The zero-order chi connectivity index (χ0) is 16.3. The van der Waals surface area contributed by atoms with E-state index in [1.165, 1.54) is 14.1 Å². The minimum absolute atomic E-state index is 0.0174. The third-order valence-electron chi connectivity index (χ3n) is 3.06. The zero-order valence-corrected chi connectivity index (χ0v) is 13.4. The number of nitrogens with zero attached hydrogens (tertiary/aromatic N) is 1. The van der Waals surface area contributed by atoms with Crippen molar-refractivity contribution in [1.29, 1.82) is 0 Å². The zero-order valence-electron chi connectivity index (χ0n) is 11.7. The molecule has 0 spiro atoms. The SMILES string of the molecule is CN(C)C(COCc1ccccc1)(P(=O)(O)O)P(=O)(O)O. The van der Waals surface area contributed by atoms with E-state index in [-0.39, 0.29) is 6.61 Å². The van der Waals surface area contributed by atoms with Crippen molar-refractivity contribution >= 4 is 15.2 Å². The second-order valence-corrected chi connectivity index (χ2v) is 8.74. The fourth-order valence-corrected chi connectivity index (χ4v) is 4.79. The maximum absolute atomic E-state index is 11.7. The molecule has 8 nitrogen and oxygen atoms in total. The number of rotatable bonds is 7. The van der Waals surface area contributed by atoms with Gasteiger partial charge in [-0.1, -0.05) is 30.3 Å². The van der Waals surface area contributed by atoms with Gasteiger partial charge in [0.05, 0.1) is 13.2 Å². The smallest absolute Gasteiger partial charge is 0.360 e. The van der Waals surface area contributed by atoms with Crippen LogP contribution in [0.5, 0.6) is 0 Å². The van der Waals surface area contributed by atoms with Crippen molar-refractivity contribution in [3.63, 3.8) is 0 Å². The first kappa shape index (κ1) is 18.5. The van der Waals surface area contributed by atoms with Gasteiger partial charge in [-0.3, -0.25) is 14.0 Å². The van der Waals surface area contributed by atoms with E-state index in [9.17, 15) is 28.7 Å². The molecule has 10 heteroatoms. The highest BCUT2D eigenvalue weighted by molar-refractivity contribution is 7.72. The van der Waals surface area contributed by atoms with Gasteiger partial charge in [0, 0.05) is 0 Å². The number of benzene rings is 1. The van der Waals surface area contributed by atoms with Gasteiger partial charge in [-0.05, 0) is 19.7 Å². The Labute approximate surface area is 122 Å². The first-order chi connectivity index (χ1) is 9.52. The van der Waals surface area contributed by atoms with E-state index in [1.54, 1.807) is 30.3 Å². The fraction of sp³-hybridized carbons (Fsp3) is 0.455. The van der Waals surface area contributed by atoms with Gasteiger partial charge < -0.3 is 24.3 Å². The van der Waals surface area contributed by atoms with Crippen LogP contribution in [0.4, 0.5) is 0 Å². The van der Waals surface area contributed by atoms with E-state index < -0.39 is 26.8 Å². The predicted octanol–water partition coefficient (Wildman–Crippen LogP) is 0.774. The van der Waals surface area contributed by atoms with Crippen molar-refractivity contribution in [2.24, 2.45) is 0 Å². The van der Waals surface area contributed by atoms with E-state index in [4.69, 9.17) is 4.74 Å². The average molecular weight is 339 g/mol. The first-order valence-electron chi connectivity index (χ1n) is 5.93. The lowest BCUT2D eigenvalue weighted by molar-refractivity contribution is 0.0587. The summed E-state index contributed by atoms with van der Waals surface area (Å²) in [4.78, 5) is 38.5. The van der Waals surface area contributed by atoms with Crippen LogP contribution >= 0.6 is 15.2 Å². The molecule has 0 saturated heterocycles. The number of likely N-dealkylation sites (N-methyl/N-ethyl adjacent to an activating group) is 1. The molecule has 0 aliphatic carbocycles. The third-order valence-corrected chi connectivity index (χ3v) is 7.54. The molecule has 1 aromatic carbocycles. The van der Waals surface area contributed by atoms with Crippen LogP contribution in [0.15, 0.2) is 30.3 Å². The van der Waals surface area contributed by atoms with Gasteiger partial charge in [0.1, 0.15) is 0 Å². The highest BCUT2D eigenvalue weighted by atomic mass is 31.2. The van der Waals surface area contributed by atoms with E-state index in [0.29, 0.717) is 0 Å². The maximum atomic E-state index is 11.7. The Kier molecular flexibility index (Phi) is 5.89. The van der Waals surface area contributed by atoms with Crippen molar-refractivity contribution in [2.75, 3.05) is 20.7 Å². The average Bonchev–Trinajstić information content (AvgIpc) is 2.32. The molecule has 120 valence electrons. The first-order valence-corrected chi connectivity index (χ1v) is 9.15.